The lowest BCUT2D eigenvalue weighted by Gasteiger charge is -2.02. The molecule has 0 amide bonds. The monoisotopic (exact) mass is 210 g/mol. The first kappa shape index (κ1) is 11.6. The summed E-state index contributed by atoms with van der Waals surface area (Å²) in [5.41, 5.74) is 0.879. The van der Waals surface area contributed by atoms with Gasteiger partial charge in [-0.2, -0.15) is 10.5 Å². The molecular formula is C13H10N2O. The fourth-order valence-corrected chi connectivity index (χ4v) is 1.07. The maximum atomic E-state index is 8.58. The molecule has 0 heterocycles. The van der Waals surface area contributed by atoms with Crippen LogP contribution in [0, 0.1) is 22.7 Å². The van der Waals surface area contributed by atoms with E-state index in [2.05, 4.69) is 6.58 Å². The standard InChI is InChI=1S/C13H10N2O/c1-2-7-16-13-5-3-11(4-6-13)8-12(9-14)10-15/h2-6,8H,1,7H2. The normalized spacial score (nSPS) is 8.38. The van der Waals surface area contributed by atoms with Gasteiger partial charge in [0.1, 0.15) is 30.1 Å². The molecule has 0 aromatic heterocycles. The van der Waals surface area contributed by atoms with E-state index in [4.69, 9.17) is 15.3 Å². The van der Waals surface area contributed by atoms with Crippen molar-refractivity contribution < 1.29 is 4.74 Å². The summed E-state index contributed by atoms with van der Waals surface area (Å²) in [4.78, 5) is 0. The van der Waals surface area contributed by atoms with E-state index in [1.54, 1.807) is 42.5 Å². The highest BCUT2D eigenvalue weighted by molar-refractivity contribution is 5.62. The van der Waals surface area contributed by atoms with Gasteiger partial charge in [0.15, 0.2) is 0 Å². The van der Waals surface area contributed by atoms with E-state index in [1.165, 1.54) is 6.08 Å². The zero-order chi connectivity index (χ0) is 11.8. The molecule has 0 aliphatic carbocycles. The quantitative estimate of drug-likeness (QED) is 0.567. The van der Waals surface area contributed by atoms with Crippen molar-refractivity contribution in [2.45, 2.75) is 0 Å². The van der Waals surface area contributed by atoms with Crippen LogP contribution >= 0.6 is 0 Å². The van der Waals surface area contributed by atoms with Crippen LogP contribution in [0.3, 0.4) is 0 Å². The third-order valence-corrected chi connectivity index (χ3v) is 1.80. The van der Waals surface area contributed by atoms with Gasteiger partial charge in [0.25, 0.3) is 0 Å². The number of nitrogens with zero attached hydrogens (tertiary/aromatic N) is 2. The molecule has 0 saturated heterocycles. The molecule has 0 saturated carbocycles. The first-order valence-electron chi connectivity index (χ1n) is 4.66. The Kier molecular flexibility index (Phi) is 4.37. The summed E-state index contributed by atoms with van der Waals surface area (Å²) >= 11 is 0. The number of ether oxygens (including phenoxy) is 1. The lowest BCUT2D eigenvalue weighted by molar-refractivity contribution is 0.363. The molecule has 3 nitrogen and oxygen atoms in total. The Bertz CT molecular complexity index is 456. The predicted molar refractivity (Wildman–Crippen MR) is 61.3 cm³/mol. The fraction of sp³-hybridized carbons (Fsp3) is 0.0769. The molecule has 78 valence electrons. The van der Waals surface area contributed by atoms with Crippen LogP contribution in [0.15, 0.2) is 42.5 Å². The van der Waals surface area contributed by atoms with Gasteiger partial charge in [-0.25, -0.2) is 0 Å². The zero-order valence-electron chi connectivity index (χ0n) is 8.68. The largest absolute Gasteiger partial charge is 0.490 e. The molecule has 0 radical (unpaired) electrons. The van der Waals surface area contributed by atoms with E-state index in [0.717, 1.165) is 11.3 Å². The first-order chi connectivity index (χ1) is 7.80. The van der Waals surface area contributed by atoms with Crippen molar-refractivity contribution in [3.63, 3.8) is 0 Å². The fourth-order valence-electron chi connectivity index (χ4n) is 1.07. The summed E-state index contributed by atoms with van der Waals surface area (Å²) in [7, 11) is 0. The van der Waals surface area contributed by atoms with Gasteiger partial charge in [-0.1, -0.05) is 24.8 Å². The highest BCUT2D eigenvalue weighted by Crippen LogP contribution is 2.14. The van der Waals surface area contributed by atoms with Crippen LogP contribution in [0.4, 0.5) is 0 Å². The van der Waals surface area contributed by atoms with E-state index in [1.807, 2.05) is 0 Å². The molecule has 0 unspecified atom stereocenters. The van der Waals surface area contributed by atoms with Gasteiger partial charge in [0, 0.05) is 0 Å². The van der Waals surface area contributed by atoms with Gasteiger partial charge < -0.3 is 4.74 Å². The van der Waals surface area contributed by atoms with Crippen LogP contribution in [-0.4, -0.2) is 6.61 Å². The summed E-state index contributed by atoms with van der Waals surface area (Å²) in [5, 5.41) is 17.2. The number of allylic oxidation sites excluding steroid dienone is 1. The highest BCUT2D eigenvalue weighted by Gasteiger charge is 1.95. The van der Waals surface area contributed by atoms with E-state index in [9.17, 15) is 0 Å². The number of hydrogen-bond acceptors (Lipinski definition) is 3. The topological polar surface area (TPSA) is 56.8 Å². The van der Waals surface area contributed by atoms with Crippen LogP contribution < -0.4 is 4.74 Å². The second kappa shape index (κ2) is 6.06. The maximum Gasteiger partial charge on any atom is 0.130 e. The number of nitriles is 2. The summed E-state index contributed by atoms with van der Waals surface area (Å²) in [5.74, 6) is 0.729. The Hall–Kier alpha value is -2.52. The third kappa shape index (κ3) is 3.32. The summed E-state index contributed by atoms with van der Waals surface area (Å²) in [6.45, 7) is 4.00. The molecular weight excluding hydrogens is 200 g/mol. The minimum atomic E-state index is 0.0831. The molecule has 1 aromatic rings. The molecule has 0 aliphatic heterocycles. The lowest BCUT2D eigenvalue weighted by Crippen LogP contribution is -1.91. The molecule has 1 aromatic carbocycles. The van der Waals surface area contributed by atoms with Crippen LogP contribution in [0.1, 0.15) is 5.56 Å². The zero-order valence-corrected chi connectivity index (χ0v) is 8.68. The van der Waals surface area contributed by atoms with Crippen molar-refractivity contribution in [3.8, 4) is 17.9 Å². The average molecular weight is 210 g/mol. The molecule has 0 N–H and O–H groups in total. The highest BCUT2D eigenvalue weighted by atomic mass is 16.5. The molecule has 0 fully saturated rings. The Morgan fingerprint density at radius 3 is 2.38 bits per heavy atom. The van der Waals surface area contributed by atoms with Crippen molar-refractivity contribution in [1.82, 2.24) is 0 Å². The van der Waals surface area contributed by atoms with Crippen molar-refractivity contribution >= 4 is 6.08 Å². The summed E-state index contributed by atoms with van der Waals surface area (Å²) in [6, 6.07) is 10.7. The van der Waals surface area contributed by atoms with Gasteiger partial charge in [-0.15, -0.1) is 0 Å². The van der Waals surface area contributed by atoms with E-state index < -0.39 is 0 Å². The number of rotatable bonds is 4. The van der Waals surface area contributed by atoms with Crippen molar-refractivity contribution in [2.24, 2.45) is 0 Å². The molecule has 16 heavy (non-hydrogen) atoms. The van der Waals surface area contributed by atoms with Gasteiger partial charge in [0.2, 0.25) is 0 Å². The van der Waals surface area contributed by atoms with E-state index >= 15 is 0 Å². The van der Waals surface area contributed by atoms with Gasteiger partial charge in [0.05, 0.1) is 0 Å². The predicted octanol–water partition coefficient (Wildman–Crippen LogP) is 2.68. The molecule has 0 bridgehead atoms. The van der Waals surface area contributed by atoms with E-state index in [0.29, 0.717) is 6.61 Å². The minimum absolute atomic E-state index is 0.0831. The van der Waals surface area contributed by atoms with Crippen LogP contribution in [0.2, 0.25) is 0 Å². The average Bonchev–Trinajstić information content (AvgIpc) is 2.35. The smallest absolute Gasteiger partial charge is 0.130 e. The van der Waals surface area contributed by atoms with Crippen molar-refractivity contribution in [1.29, 1.82) is 10.5 Å². The Labute approximate surface area is 94.5 Å². The van der Waals surface area contributed by atoms with Crippen LogP contribution in [0.25, 0.3) is 6.08 Å². The Balaban J connectivity index is 2.80. The molecule has 1 rings (SSSR count). The van der Waals surface area contributed by atoms with Gasteiger partial charge in [-0.05, 0) is 23.8 Å². The second-order valence-electron chi connectivity index (χ2n) is 2.95. The van der Waals surface area contributed by atoms with Gasteiger partial charge >= 0.3 is 0 Å². The maximum absolute atomic E-state index is 8.58. The van der Waals surface area contributed by atoms with E-state index in [-0.39, 0.29) is 5.57 Å². The molecule has 0 spiro atoms. The minimum Gasteiger partial charge on any atom is -0.490 e. The summed E-state index contributed by atoms with van der Waals surface area (Å²) in [6.07, 6.45) is 3.19. The van der Waals surface area contributed by atoms with Crippen molar-refractivity contribution in [2.75, 3.05) is 6.61 Å². The first-order valence-corrected chi connectivity index (χ1v) is 4.66. The lowest BCUT2D eigenvalue weighted by atomic mass is 10.1. The van der Waals surface area contributed by atoms with Crippen LogP contribution in [0.5, 0.6) is 5.75 Å². The van der Waals surface area contributed by atoms with Crippen molar-refractivity contribution in [3.05, 3.63) is 48.1 Å². The third-order valence-electron chi connectivity index (χ3n) is 1.80. The Morgan fingerprint density at radius 1 is 1.25 bits per heavy atom. The molecule has 3 heteroatoms. The molecule has 0 aliphatic rings. The number of benzene rings is 1. The summed E-state index contributed by atoms with van der Waals surface area (Å²) < 4.78 is 5.30. The number of hydrogen-bond donors (Lipinski definition) is 0. The van der Waals surface area contributed by atoms with Crippen LogP contribution in [-0.2, 0) is 0 Å². The SMILES string of the molecule is C=CCOc1ccc(C=C(C#N)C#N)cc1. The Morgan fingerprint density at radius 2 is 1.88 bits per heavy atom. The van der Waals surface area contributed by atoms with Gasteiger partial charge in [-0.3, -0.25) is 0 Å². The second-order valence-corrected chi connectivity index (χ2v) is 2.95. The molecule has 0 atom stereocenters.